The van der Waals surface area contributed by atoms with E-state index in [0.717, 1.165) is 36.1 Å². The van der Waals surface area contributed by atoms with E-state index in [1.165, 1.54) is 16.0 Å². The zero-order valence-electron chi connectivity index (χ0n) is 13.2. The second-order valence-corrected chi connectivity index (χ2v) is 6.10. The topological polar surface area (TPSA) is 37.8 Å². The number of hydrogen-bond donors (Lipinski definition) is 1. The van der Waals surface area contributed by atoms with Gasteiger partial charge in [-0.15, -0.1) is 11.8 Å². The first-order valence-electron chi connectivity index (χ1n) is 7.43. The molecule has 0 aliphatic carbocycles. The molecule has 2 rings (SSSR count). The van der Waals surface area contributed by atoms with Crippen molar-refractivity contribution < 1.29 is 0 Å². The number of aromatic nitrogens is 2. The van der Waals surface area contributed by atoms with E-state index in [9.17, 15) is 0 Å². The van der Waals surface area contributed by atoms with Crippen molar-refractivity contribution in [3.05, 3.63) is 46.9 Å². The monoisotopic (exact) mass is 301 g/mol. The Balaban J connectivity index is 2.17. The van der Waals surface area contributed by atoms with Crippen molar-refractivity contribution in [3.63, 3.8) is 0 Å². The van der Waals surface area contributed by atoms with Gasteiger partial charge >= 0.3 is 0 Å². The molecule has 0 aliphatic rings. The molecule has 0 aliphatic heterocycles. The van der Waals surface area contributed by atoms with Crippen LogP contribution in [0.15, 0.2) is 29.2 Å². The number of benzene rings is 1. The van der Waals surface area contributed by atoms with E-state index in [1.807, 2.05) is 0 Å². The molecule has 3 nitrogen and oxygen atoms in total. The van der Waals surface area contributed by atoms with Gasteiger partial charge in [0.25, 0.3) is 0 Å². The van der Waals surface area contributed by atoms with E-state index >= 15 is 0 Å². The molecule has 1 aromatic heterocycles. The molecule has 0 amide bonds. The lowest BCUT2D eigenvalue weighted by Crippen LogP contribution is -2.08. The van der Waals surface area contributed by atoms with Crippen LogP contribution in [0.4, 0.5) is 5.82 Å². The maximum absolute atomic E-state index is 4.70. The van der Waals surface area contributed by atoms with Gasteiger partial charge < -0.3 is 5.32 Å². The van der Waals surface area contributed by atoms with E-state index in [4.69, 9.17) is 4.98 Å². The first-order valence-corrected chi connectivity index (χ1v) is 8.42. The summed E-state index contributed by atoms with van der Waals surface area (Å²) in [7, 11) is 0. The quantitative estimate of drug-likeness (QED) is 0.804. The van der Waals surface area contributed by atoms with Crippen molar-refractivity contribution in [2.24, 2.45) is 0 Å². The first-order chi connectivity index (χ1) is 10.1. The number of rotatable bonds is 6. The van der Waals surface area contributed by atoms with Gasteiger partial charge in [0.2, 0.25) is 0 Å². The summed E-state index contributed by atoms with van der Waals surface area (Å²) in [5, 5.41) is 3.34. The Labute approximate surface area is 131 Å². The van der Waals surface area contributed by atoms with Crippen molar-refractivity contribution in [3.8, 4) is 0 Å². The summed E-state index contributed by atoms with van der Waals surface area (Å²) in [5.41, 5.74) is 3.59. The molecule has 1 N–H and O–H groups in total. The number of nitrogens with zero attached hydrogens (tertiary/aromatic N) is 2. The van der Waals surface area contributed by atoms with Crippen LogP contribution in [0.2, 0.25) is 0 Å². The minimum Gasteiger partial charge on any atom is -0.370 e. The fraction of sp³-hybridized carbons (Fsp3) is 0.412. The third kappa shape index (κ3) is 4.21. The summed E-state index contributed by atoms with van der Waals surface area (Å²) >= 11 is 1.79. The molecule has 4 heteroatoms. The summed E-state index contributed by atoms with van der Waals surface area (Å²) in [6, 6.07) is 8.54. The minimum atomic E-state index is 0.801. The number of aryl methyl sites for hydroxylation is 2. The van der Waals surface area contributed by atoms with Crippen molar-refractivity contribution in [2.75, 3.05) is 11.9 Å². The predicted octanol–water partition coefficient (Wildman–Crippen LogP) is 4.38. The van der Waals surface area contributed by atoms with E-state index in [2.05, 4.69) is 62.3 Å². The van der Waals surface area contributed by atoms with E-state index < -0.39 is 0 Å². The smallest absolute Gasteiger partial charge is 0.141 e. The highest BCUT2D eigenvalue weighted by atomic mass is 32.2. The van der Waals surface area contributed by atoms with Crippen LogP contribution in [-0.2, 0) is 12.2 Å². The standard InChI is InChI=1S/C17H23N3S/c1-5-15-13(4)17(18-6-2)20-16(19-15)11-21-14-9-7-8-12(3)10-14/h7-10H,5-6,11H2,1-4H3,(H,18,19,20). The highest BCUT2D eigenvalue weighted by molar-refractivity contribution is 7.98. The molecule has 1 aromatic carbocycles. The Morgan fingerprint density at radius 1 is 1.14 bits per heavy atom. The van der Waals surface area contributed by atoms with E-state index in [1.54, 1.807) is 11.8 Å². The van der Waals surface area contributed by atoms with Gasteiger partial charge in [-0.05, 0) is 39.3 Å². The summed E-state index contributed by atoms with van der Waals surface area (Å²) in [6.07, 6.45) is 0.939. The Kier molecular flexibility index (Phi) is 5.62. The molecular weight excluding hydrogens is 278 g/mol. The third-order valence-electron chi connectivity index (χ3n) is 3.33. The number of anilines is 1. The molecule has 2 aromatic rings. The minimum absolute atomic E-state index is 0.801. The molecule has 0 saturated heterocycles. The molecule has 0 atom stereocenters. The molecule has 0 spiro atoms. The van der Waals surface area contributed by atoms with Gasteiger partial charge in [-0.25, -0.2) is 9.97 Å². The summed E-state index contributed by atoms with van der Waals surface area (Å²) in [4.78, 5) is 10.6. The van der Waals surface area contributed by atoms with Crippen LogP contribution >= 0.6 is 11.8 Å². The fourth-order valence-corrected chi connectivity index (χ4v) is 3.08. The number of nitrogens with one attached hydrogen (secondary N) is 1. The molecule has 0 unspecified atom stereocenters. The Hall–Kier alpha value is -1.55. The van der Waals surface area contributed by atoms with Crippen LogP contribution in [0.5, 0.6) is 0 Å². The number of hydrogen-bond acceptors (Lipinski definition) is 4. The summed E-state index contributed by atoms with van der Waals surface area (Å²) < 4.78 is 0. The van der Waals surface area contributed by atoms with Crippen LogP contribution in [0.3, 0.4) is 0 Å². The van der Waals surface area contributed by atoms with Crippen LogP contribution in [0.25, 0.3) is 0 Å². The predicted molar refractivity (Wildman–Crippen MR) is 91.1 cm³/mol. The van der Waals surface area contributed by atoms with Gasteiger partial charge in [0.1, 0.15) is 11.6 Å². The summed E-state index contributed by atoms with van der Waals surface area (Å²) in [5.74, 6) is 2.68. The Morgan fingerprint density at radius 3 is 2.62 bits per heavy atom. The molecule has 0 fully saturated rings. The highest BCUT2D eigenvalue weighted by Crippen LogP contribution is 2.24. The lowest BCUT2D eigenvalue weighted by atomic mass is 10.2. The zero-order chi connectivity index (χ0) is 15.2. The summed E-state index contributed by atoms with van der Waals surface area (Å²) in [6.45, 7) is 9.32. The highest BCUT2D eigenvalue weighted by Gasteiger charge is 2.09. The molecule has 0 saturated carbocycles. The SMILES string of the molecule is CCNc1nc(CSc2cccc(C)c2)nc(CC)c1C. The molecule has 0 bridgehead atoms. The van der Waals surface area contributed by atoms with E-state index in [-0.39, 0.29) is 0 Å². The lowest BCUT2D eigenvalue weighted by molar-refractivity contribution is 0.914. The Bertz CT molecular complexity index is 611. The van der Waals surface area contributed by atoms with Crippen LogP contribution in [-0.4, -0.2) is 16.5 Å². The molecule has 0 radical (unpaired) electrons. The van der Waals surface area contributed by atoms with Crippen molar-refractivity contribution in [1.29, 1.82) is 0 Å². The first kappa shape index (κ1) is 15.8. The molecule has 1 heterocycles. The molecule has 21 heavy (non-hydrogen) atoms. The van der Waals surface area contributed by atoms with Gasteiger partial charge in [0.15, 0.2) is 0 Å². The van der Waals surface area contributed by atoms with Gasteiger partial charge in [-0.3, -0.25) is 0 Å². The average molecular weight is 301 g/mol. The van der Waals surface area contributed by atoms with Crippen LogP contribution < -0.4 is 5.32 Å². The Morgan fingerprint density at radius 2 is 1.95 bits per heavy atom. The van der Waals surface area contributed by atoms with Crippen molar-refractivity contribution >= 4 is 17.6 Å². The third-order valence-corrected chi connectivity index (χ3v) is 4.32. The second kappa shape index (κ2) is 7.46. The van der Waals surface area contributed by atoms with E-state index in [0.29, 0.717) is 0 Å². The maximum Gasteiger partial charge on any atom is 0.141 e. The van der Waals surface area contributed by atoms with Crippen LogP contribution in [0.1, 0.15) is 36.5 Å². The lowest BCUT2D eigenvalue weighted by Gasteiger charge is -2.12. The zero-order valence-corrected chi connectivity index (χ0v) is 14.0. The van der Waals surface area contributed by atoms with Gasteiger partial charge in [0, 0.05) is 22.7 Å². The fourth-order valence-electron chi connectivity index (χ4n) is 2.22. The maximum atomic E-state index is 4.70. The van der Waals surface area contributed by atoms with Crippen molar-refractivity contribution in [1.82, 2.24) is 9.97 Å². The average Bonchev–Trinajstić information content (AvgIpc) is 2.48. The van der Waals surface area contributed by atoms with Gasteiger partial charge in [-0.2, -0.15) is 0 Å². The molecular formula is C17H23N3S. The second-order valence-electron chi connectivity index (χ2n) is 5.05. The molecule has 112 valence electrons. The normalized spacial score (nSPS) is 10.7. The largest absolute Gasteiger partial charge is 0.370 e. The number of thioether (sulfide) groups is 1. The van der Waals surface area contributed by atoms with Crippen molar-refractivity contribution in [2.45, 2.75) is 44.8 Å². The van der Waals surface area contributed by atoms with Gasteiger partial charge in [-0.1, -0.05) is 24.6 Å². The van der Waals surface area contributed by atoms with Crippen LogP contribution in [0, 0.1) is 13.8 Å². The van der Waals surface area contributed by atoms with Gasteiger partial charge in [0.05, 0.1) is 5.75 Å².